The largest absolute Gasteiger partial charge is 0.356 e. The van der Waals surface area contributed by atoms with E-state index in [1.165, 1.54) is 37.9 Å². The molecule has 0 fully saturated rings. The number of amidine groups is 1. The summed E-state index contributed by atoms with van der Waals surface area (Å²) < 4.78 is 0. The Labute approximate surface area is 218 Å². The van der Waals surface area contributed by atoms with E-state index in [-0.39, 0.29) is 16.7 Å². The van der Waals surface area contributed by atoms with Crippen LogP contribution in [-0.4, -0.2) is 42.8 Å². The predicted molar refractivity (Wildman–Crippen MR) is 154 cm³/mol. The van der Waals surface area contributed by atoms with E-state index in [9.17, 15) is 4.79 Å². The van der Waals surface area contributed by atoms with Crippen molar-refractivity contribution >= 4 is 11.7 Å². The molecule has 35 heavy (non-hydrogen) atoms. The van der Waals surface area contributed by atoms with Crippen LogP contribution < -0.4 is 5.32 Å². The second-order valence-corrected chi connectivity index (χ2v) is 12.3. The Kier molecular flexibility index (Phi) is 14.6. The lowest BCUT2D eigenvalue weighted by atomic mass is 9.73. The molecular formula is C31H57N3O. The monoisotopic (exact) mass is 487 g/mol. The van der Waals surface area contributed by atoms with E-state index < -0.39 is 0 Å². The van der Waals surface area contributed by atoms with Gasteiger partial charge in [0.15, 0.2) is 0 Å². The molecular weight excluding hydrogens is 430 g/mol. The fourth-order valence-electron chi connectivity index (χ4n) is 5.03. The smallest absolute Gasteiger partial charge is 0.220 e. The van der Waals surface area contributed by atoms with Gasteiger partial charge in [-0.15, -0.1) is 0 Å². The molecule has 202 valence electrons. The van der Waals surface area contributed by atoms with Crippen molar-refractivity contribution in [3.05, 3.63) is 24.3 Å². The molecule has 0 saturated carbocycles. The fourth-order valence-corrected chi connectivity index (χ4v) is 5.03. The molecule has 1 rings (SSSR count). The highest BCUT2D eigenvalue weighted by molar-refractivity contribution is 5.89. The zero-order valence-corrected chi connectivity index (χ0v) is 24.5. The van der Waals surface area contributed by atoms with Crippen molar-refractivity contribution in [1.82, 2.24) is 10.2 Å². The van der Waals surface area contributed by atoms with E-state index in [0.717, 1.165) is 38.9 Å². The number of rotatable bonds is 18. The third-order valence-corrected chi connectivity index (χ3v) is 6.95. The topological polar surface area (TPSA) is 44.7 Å². The molecule has 1 amide bonds. The molecule has 0 aliphatic carbocycles. The van der Waals surface area contributed by atoms with Gasteiger partial charge in [-0.3, -0.25) is 9.79 Å². The number of carbonyl (C=O) groups excluding carboxylic acids is 1. The summed E-state index contributed by atoms with van der Waals surface area (Å²) in [6.45, 7) is 21.6. The normalized spacial score (nSPS) is 16.0. The first-order valence-corrected chi connectivity index (χ1v) is 14.4. The van der Waals surface area contributed by atoms with Crippen LogP contribution in [0.4, 0.5) is 0 Å². The van der Waals surface area contributed by atoms with E-state index in [1.807, 2.05) is 0 Å². The molecule has 1 heterocycles. The van der Waals surface area contributed by atoms with Crippen LogP contribution >= 0.6 is 0 Å². The van der Waals surface area contributed by atoms with Crippen molar-refractivity contribution in [3.8, 4) is 0 Å². The molecule has 0 saturated heterocycles. The molecule has 0 aromatic heterocycles. The molecule has 0 aromatic carbocycles. The summed E-state index contributed by atoms with van der Waals surface area (Å²) in [6, 6.07) is 0. The minimum atomic E-state index is 0.00929. The average Bonchev–Trinajstić information content (AvgIpc) is 3.25. The van der Waals surface area contributed by atoms with Crippen LogP contribution in [0.1, 0.15) is 113 Å². The molecule has 1 unspecified atom stereocenters. The van der Waals surface area contributed by atoms with Crippen molar-refractivity contribution in [2.24, 2.45) is 27.7 Å². The van der Waals surface area contributed by atoms with Crippen molar-refractivity contribution < 1.29 is 4.79 Å². The van der Waals surface area contributed by atoms with Gasteiger partial charge in [0, 0.05) is 31.5 Å². The van der Waals surface area contributed by atoms with Gasteiger partial charge in [-0.25, -0.2) is 0 Å². The van der Waals surface area contributed by atoms with Gasteiger partial charge in [0.05, 0.1) is 6.54 Å². The maximum Gasteiger partial charge on any atom is 0.220 e. The van der Waals surface area contributed by atoms with Crippen LogP contribution in [0.3, 0.4) is 0 Å². The Morgan fingerprint density at radius 3 is 2.43 bits per heavy atom. The van der Waals surface area contributed by atoms with Crippen molar-refractivity contribution in [2.75, 3.05) is 26.2 Å². The van der Waals surface area contributed by atoms with Crippen molar-refractivity contribution in [2.45, 2.75) is 113 Å². The first-order chi connectivity index (χ1) is 16.5. The fraction of sp³-hybridized carbons (Fsp3) is 0.806. The summed E-state index contributed by atoms with van der Waals surface area (Å²) in [5, 5.41) is 3.14. The van der Waals surface area contributed by atoms with Crippen molar-refractivity contribution in [3.63, 3.8) is 0 Å². The number of hydrogen-bond acceptors (Lipinski definition) is 3. The SMILES string of the molecule is CCC(C)/C=C/CCCCCCCC(=O)NCCN1CCN=C1C(C)(C)CC(C)(C)/C=C/C(C)C. The summed E-state index contributed by atoms with van der Waals surface area (Å²) in [5.74, 6) is 2.67. The zero-order chi connectivity index (χ0) is 26.3. The van der Waals surface area contributed by atoms with Gasteiger partial charge in [0.25, 0.3) is 0 Å². The first-order valence-electron chi connectivity index (χ1n) is 14.4. The lowest BCUT2D eigenvalue weighted by Gasteiger charge is -2.37. The number of nitrogens with one attached hydrogen (secondary N) is 1. The number of hydrogen-bond donors (Lipinski definition) is 1. The predicted octanol–water partition coefficient (Wildman–Crippen LogP) is 7.80. The van der Waals surface area contributed by atoms with Crippen LogP contribution in [0.2, 0.25) is 0 Å². The van der Waals surface area contributed by atoms with E-state index in [2.05, 4.69) is 89.9 Å². The lowest BCUT2D eigenvalue weighted by Crippen LogP contribution is -2.43. The standard InChI is InChI=1S/C31H57N3O/c1-9-27(4)17-15-13-11-10-12-14-16-18-28(35)32-21-23-34-24-22-33-29(34)31(7,8)25-30(5,6)20-19-26(2)3/h15,17,19-20,26-27H,9-14,16,18,21-25H2,1-8H3,(H,32,35)/b17-15+,20-19+. The minimum Gasteiger partial charge on any atom is -0.356 e. The van der Waals surface area contributed by atoms with E-state index in [4.69, 9.17) is 4.99 Å². The summed E-state index contributed by atoms with van der Waals surface area (Å²) in [5.41, 5.74) is 0.137. The van der Waals surface area contributed by atoms with E-state index in [1.54, 1.807) is 0 Å². The number of aliphatic imine (C=N–C) groups is 1. The maximum atomic E-state index is 12.3. The average molecular weight is 488 g/mol. The van der Waals surface area contributed by atoms with Crippen LogP contribution in [0.25, 0.3) is 0 Å². The molecule has 1 aliphatic rings. The quantitative estimate of drug-likeness (QED) is 0.158. The van der Waals surface area contributed by atoms with Gasteiger partial charge in [-0.1, -0.05) is 105 Å². The van der Waals surface area contributed by atoms with Crippen LogP contribution in [0.5, 0.6) is 0 Å². The molecule has 0 aromatic rings. The number of amides is 1. The van der Waals surface area contributed by atoms with Crippen molar-refractivity contribution in [1.29, 1.82) is 0 Å². The highest BCUT2D eigenvalue weighted by Gasteiger charge is 2.36. The molecule has 1 aliphatic heterocycles. The Morgan fingerprint density at radius 2 is 1.74 bits per heavy atom. The second kappa shape index (κ2) is 16.2. The Balaban J connectivity index is 2.26. The van der Waals surface area contributed by atoms with Gasteiger partial charge in [-0.2, -0.15) is 0 Å². The van der Waals surface area contributed by atoms with Gasteiger partial charge >= 0.3 is 0 Å². The number of carbonyl (C=O) groups is 1. The van der Waals surface area contributed by atoms with Gasteiger partial charge in [0.2, 0.25) is 5.91 Å². The summed E-state index contributed by atoms with van der Waals surface area (Å²) >= 11 is 0. The lowest BCUT2D eigenvalue weighted by molar-refractivity contribution is -0.121. The molecule has 1 N–H and O–H groups in total. The Bertz CT molecular complexity index is 687. The molecule has 4 heteroatoms. The highest BCUT2D eigenvalue weighted by Crippen LogP contribution is 2.37. The van der Waals surface area contributed by atoms with Crippen LogP contribution in [0, 0.1) is 22.7 Å². The molecule has 0 bridgehead atoms. The third kappa shape index (κ3) is 13.9. The number of nitrogens with zero attached hydrogens (tertiary/aromatic N) is 2. The van der Waals surface area contributed by atoms with Crippen LogP contribution in [0.15, 0.2) is 29.3 Å². The Morgan fingerprint density at radius 1 is 1.06 bits per heavy atom. The highest BCUT2D eigenvalue weighted by atomic mass is 16.1. The molecule has 0 radical (unpaired) electrons. The van der Waals surface area contributed by atoms with E-state index >= 15 is 0 Å². The Hall–Kier alpha value is -1.58. The van der Waals surface area contributed by atoms with Gasteiger partial charge in [-0.05, 0) is 42.9 Å². The second-order valence-electron chi connectivity index (χ2n) is 12.3. The minimum absolute atomic E-state index is 0.00929. The molecule has 1 atom stereocenters. The number of unbranched alkanes of at least 4 members (excludes halogenated alkanes) is 5. The van der Waals surface area contributed by atoms with Gasteiger partial charge < -0.3 is 10.2 Å². The van der Waals surface area contributed by atoms with Crippen LogP contribution in [-0.2, 0) is 4.79 Å². The maximum absolute atomic E-state index is 12.3. The summed E-state index contributed by atoms with van der Waals surface area (Å²) in [7, 11) is 0. The third-order valence-electron chi connectivity index (χ3n) is 6.95. The number of allylic oxidation sites excluding steroid dienone is 4. The molecule has 4 nitrogen and oxygen atoms in total. The zero-order valence-electron chi connectivity index (χ0n) is 24.5. The summed E-state index contributed by atoms with van der Waals surface area (Å²) in [4.78, 5) is 19.6. The van der Waals surface area contributed by atoms with Gasteiger partial charge in [0.1, 0.15) is 5.84 Å². The molecule has 0 spiro atoms. The van der Waals surface area contributed by atoms with E-state index in [0.29, 0.717) is 24.8 Å². The summed E-state index contributed by atoms with van der Waals surface area (Å²) in [6.07, 6.45) is 19.4. The first kappa shape index (κ1) is 31.4.